The summed E-state index contributed by atoms with van der Waals surface area (Å²) in [7, 11) is 1.23. The number of nitrogens with zero attached hydrogens (tertiary/aromatic N) is 1. The lowest BCUT2D eigenvalue weighted by atomic mass is 10.1. The Hall–Kier alpha value is -1.82. The van der Waals surface area contributed by atoms with E-state index < -0.39 is 11.6 Å². The van der Waals surface area contributed by atoms with E-state index in [-0.39, 0.29) is 22.2 Å². The second-order valence-electron chi connectivity index (χ2n) is 3.27. The molecule has 0 unspecified atom stereocenters. The third kappa shape index (κ3) is 1.91. The highest BCUT2D eigenvalue weighted by Crippen LogP contribution is 2.36. The van der Waals surface area contributed by atoms with Crippen molar-refractivity contribution in [2.24, 2.45) is 0 Å². The van der Waals surface area contributed by atoms with E-state index in [2.05, 4.69) is 10.2 Å². The molecule has 0 fully saturated rings. The Kier molecular flexibility index (Phi) is 2.89. The highest BCUT2D eigenvalue weighted by Gasteiger charge is 2.20. The van der Waals surface area contributed by atoms with Gasteiger partial charge in [-0.25, -0.2) is 4.39 Å². The van der Waals surface area contributed by atoms with Gasteiger partial charge in [-0.05, 0) is 6.07 Å². The molecule has 4 nitrogen and oxygen atoms in total. The van der Waals surface area contributed by atoms with Crippen LogP contribution in [0.2, 0.25) is 5.02 Å². The Balaban J connectivity index is 2.69. The van der Waals surface area contributed by atoms with Crippen molar-refractivity contribution in [3.8, 4) is 17.0 Å². The van der Waals surface area contributed by atoms with Gasteiger partial charge >= 0.3 is 0 Å². The fourth-order valence-electron chi connectivity index (χ4n) is 1.45. The van der Waals surface area contributed by atoms with E-state index in [9.17, 15) is 8.78 Å². The van der Waals surface area contributed by atoms with Gasteiger partial charge in [0, 0.05) is 11.6 Å². The average Bonchev–Trinajstić information content (AvgIpc) is 2.72. The second-order valence-corrected chi connectivity index (χ2v) is 3.68. The van der Waals surface area contributed by atoms with Crippen molar-refractivity contribution >= 4 is 17.4 Å². The monoisotopic (exact) mass is 259 g/mol. The number of hydrogen-bond acceptors (Lipinski definition) is 3. The summed E-state index contributed by atoms with van der Waals surface area (Å²) < 4.78 is 31.6. The van der Waals surface area contributed by atoms with Gasteiger partial charge in [-0.15, -0.1) is 0 Å². The molecule has 2 rings (SSSR count). The fourth-order valence-corrected chi connectivity index (χ4v) is 1.65. The Labute approximate surface area is 100 Å². The molecule has 0 saturated carbocycles. The smallest absolute Gasteiger partial charge is 0.202 e. The number of nitrogen functional groups attached to an aromatic ring is 1. The average molecular weight is 260 g/mol. The van der Waals surface area contributed by atoms with Crippen LogP contribution in [0.15, 0.2) is 12.1 Å². The first-order chi connectivity index (χ1) is 8.04. The Bertz CT molecular complexity index is 571. The number of benzene rings is 1. The van der Waals surface area contributed by atoms with Crippen LogP contribution < -0.4 is 10.5 Å². The molecule has 2 aromatic rings. The van der Waals surface area contributed by atoms with E-state index in [0.717, 1.165) is 0 Å². The zero-order valence-electron chi connectivity index (χ0n) is 8.72. The van der Waals surface area contributed by atoms with Crippen LogP contribution in [0.1, 0.15) is 0 Å². The first-order valence-corrected chi connectivity index (χ1v) is 4.95. The zero-order valence-corrected chi connectivity index (χ0v) is 9.48. The number of methoxy groups -OCH3 is 1. The van der Waals surface area contributed by atoms with Gasteiger partial charge in [0.2, 0.25) is 5.82 Å². The van der Waals surface area contributed by atoms with Crippen LogP contribution >= 0.6 is 11.6 Å². The van der Waals surface area contributed by atoms with Crippen LogP contribution in [0, 0.1) is 11.6 Å². The maximum Gasteiger partial charge on any atom is 0.202 e. The van der Waals surface area contributed by atoms with Gasteiger partial charge in [0.05, 0.1) is 17.8 Å². The topological polar surface area (TPSA) is 63.9 Å². The molecule has 17 heavy (non-hydrogen) atoms. The van der Waals surface area contributed by atoms with E-state index in [1.54, 1.807) is 0 Å². The zero-order chi connectivity index (χ0) is 12.6. The van der Waals surface area contributed by atoms with E-state index in [0.29, 0.717) is 5.69 Å². The fraction of sp³-hybridized carbons (Fsp3) is 0.100. The summed E-state index contributed by atoms with van der Waals surface area (Å²) in [5, 5.41) is 5.91. The van der Waals surface area contributed by atoms with Crippen LogP contribution in [-0.4, -0.2) is 17.3 Å². The summed E-state index contributed by atoms with van der Waals surface area (Å²) in [6, 6.07) is 2.71. The Morgan fingerprint density at radius 1 is 1.35 bits per heavy atom. The summed E-state index contributed by atoms with van der Waals surface area (Å²) in [6.07, 6.45) is 0. The third-order valence-electron chi connectivity index (χ3n) is 2.21. The molecule has 1 aromatic carbocycles. The molecule has 1 heterocycles. The van der Waals surface area contributed by atoms with Gasteiger partial charge in [0.1, 0.15) is 5.82 Å². The van der Waals surface area contributed by atoms with Gasteiger partial charge in [0.25, 0.3) is 0 Å². The molecule has 0 bridgehead atoms. The van der Waals surface area contributed by atoms with E-state index in [1.807, 2.05) is 0 Å². The molecule has 0 saturated heterocycles. The van der Waals surface area contributed by atoms with Crippen LogP contribution in [0.5, 0.6) is 5.75 Å². The van der Waals surface area contributed by atoms with Gasteiger partial charge in [-0.2, -0.15) is 9.49 Å². The van der Waals surface area contributed by atoms with Crippen molar-refractivity contribution in [1.29, 1.82) is 0 Å². The van der Waals surface area contributed by atoms with Gasteiger partial charge < -0.3 is 10.5 Å². The van der Waals surface area contributed by atoms with Crippen LogP contribution in [0.3, 0.4) is 0 Å². The maximum absolute atomic E-state index is 13.6. The van der Waals surface area contributed by atoms with Gasteiger partial charge in [0.15, 0.2) is 11.6 Å². The minimum Gasteiger partial charge on any atom is -0.493 e. The largest absolute Gasteiger partial charge is 0.493 e. The molecular weight excluding hydrogens is 252 g/mol. The van der Waals surface area contributed by atoms with Crippen molar-refractivity contribution in [2.45, 2.75) is 0 Å². The summed E-state index contributed by atoms with van der Waals surface area (Å²) in [6.45, 7) is 0. The molecule has 90 valence electrons. The standard InChI is InChI=1S/C10H8ClF2N3O/c1-17-10-4(6-3-7(14)16-15-6)2-5(11)8(12)9(10)13/h2-3H,1H3,(H3,14,15,16). The Morgan fingerprint density at radius 2 is 2.06 bits per heavy atom. The van der Waals surface area contributed by atoms with E-state index >= 15 is 0 Å². The number of aromatic nitrogens is 2. The first kappa shape index (κ1) is 11.7. The lowest BCUT2D eigenvalue weighted by molar-refractivity contribution is 0.373. The molecular formula is C10H8ClF2N3O. The minimum atomic E-state index is -1.15. The van der Waals surface area contributed by atoms with Crippen LogP contribution in [0.25, 0.3) is 11.3 Å². The van der Waals surface area contributed by atoms with Crippen LogP contribution in [0.4, 0.5) is 14.6 Å². The predicted octanol–water partition coefficient (Wildman–Crippen LogP) is 2.60. The SMILES string of the molecule is COc1c(-c2cc(N)n[nH]2)cc(Cl)c(F)c1F. The van der Waals surface area contributed by atoms with Crippen molar-refractivity contribution in [1.82, 2.24) is 10.2 Å². The summed E-state index contributed by atoms with van der Waals surface area (Å²) in [5.41, 5.74) is 6.07. The number of hydrogen-bond donors (Lipinski definition) is 2. The van der Waals surface area contributed by atoms with E-state index in [4.69, 9.17) is 22.1 Å². The van der Waals surface area contributed by atoms with E-state index in [1.165, 1.54) is 19.2 Å². The number of anilines is 1. The van der Waals surface area contributed by atoms with Gasteiger partial charge in [-0.3, -0.25) is 5.10 Å². The lowest BCUT2D eigenvalue weighted by Gasteiger charge is -2.09. The number of rotatable bonds is 2. The van der Waals surface area contributed by atoms with Crippen molar-refractivity contribution in [3.63, 3.8) is 0 Å². The summed E-state index contributed by atoms with van der Waals surface area (Å²) in [4.78, 5) is 0. The maximum atomic E-state index is 13.6. The predicted molar refractivity (Wildman–Crippen MR) is 59.9 cm³/mol. The summed E-state index contributed by atoms with van der Waals surface area (Å²) in [5.74, 6) is -2.33. The molecule has 0 spiro atoms. The highest BCUT2D eigenvalue weighted by molar-refractivity contribution is 6.31. The Morgan fingerprint density at radius 3 is 2.59 bits per heavy atom. The van der Waals surface area contributed by atoms with Crippen LogP contribution in [-0.2, 0) is 0 Å². The molecule has 3 N–H and O–H groups in total. The number of aromatic amines is 1. The molecule has 0 atom stereocenters. The van der Waals surface area contributed by atoms with Gasteiger partial charge in [-0.1, -0.05) is 11.6 Å². The molecule has 0 aliphatic heterocycles. The second kappa shape index (κ2) is 4.21. The molecule has 0 aliphatic carbocycles. The minimum absolute atomic E-state index is 0.225. The molecule has 0 radical (unpaired) electrons. The number of nitrogens with two attached hydrogens (primary N) is 1. The number of H-pyrrole nitrogens is 1. The number of halogens is 3. The molecule has 0 amide bonds. The third-order valence-corrected chi connectivity index (χ3v) is 2.48. The highest BCUT2D eigenvalue weighted by atomic mass is 35.5. The lowest BCUT2D eigenvalue weighted by Crippen LogP contribution is -1.96. The summed E-state index contributed by atoms with van der Waals surface area (Å²) >= 11 is 5.57. The first-order valence-electron chi connectivity index (χ1n) is 4.57. The molecule has 0 aliphatic rings. The molecule has 1 aromatic heterocycles. The van der Waals surface area contributed by atoms with Crippen molar-refractivity contribution < 1.29 is 13.5 Å². The quantitative estimate of drug-likeness (QED) is 0.815. The number of nitrogens with one attached hydrogen (secondary N) is 1. The normalized spacial score (nSPS) is 10.6. The molecule has 7 heteroatoms. The van der Waals surface area contributed by atoms with Crippen molar-refractivity contribution in [3.05, 3.63) is 28.8 Å². The number of ether oxygens (including phenoxy) is 1. The van der Waals surface area contributed by atoms with Crippen molar-refractivity contribution in [2.75, 3.05) is 12.8 Å².